The molecule has 3 nitrogen and oxygen atoms in total. The molecule has 1 aromatic carbocycles. The van der Waals surface area contributed by atoms with E-state index in [0.717, 1.165) is 4.47 Å². The van der Waals surface area contributed by atoms with Crippen LogP contribution in [0.1, 0.15) is 30.6 Å². The molecule has 0 aliphatic heterocycles. The van der Waals surface area contributed by atoms with Crippen molar-refractivity contribution in [2.75, 3.05) is 6.54 Å². The van der Waals surface area contributed by atoms with E-state index in [1.165, 1.54) is 0 Å². The van der Waals surface area contributed by atoms with E-state index in [4.69, 9.17) is 18.0 Å². The molecular formula is C13H17BrN2OS. The molecule has 1 amide bonds. The summed E-state index contributed by atoms with van der Waals surface area (Å²) in [5.41, 5.74) is 6.16. The number of halogens is 1. The van der Waals surface area contributed by atoms with Gasteiger partial charge in [0.05, 0.1) is 10.6 Å². The zero-order valence-electron chi connectivity index (χ0n) is 10.5. The third-order valence-electron chi connectivity index (χ3n) is 2.59. The Morgan fingerprint density at radius 2 is 2.06 bits per heavy atom. The molecule has 0 fully saturated rings. The van der Waals surface area contributed by atoms with E-state index in [9.17, 15) is 4.79 Å². The minimum Gasteiger partial charge on any atom is -0.393 e. The number of amides is 1. The minimum absolute atomic E-state index is 0.00581. The van der Waals surface area contributed by atoms with E-state index in [0.29, 0.717) is 23.5 Å². The van der Waals surface area contributed by atoms with Crippen molar-refractivity contribution in [1.82, 2.24) is 4.90 Å². The van der Waals surface area contributed by atoms with Crippen LogP contribution in [0.2, 0.25) is 0 Å². The second kappa shape index (κ2) is 6.85. The number of carbonyl (C=O) groups excluding carboxylic acids is 1. The monoisotopic (exact) mass is 328 g/mol. The third-order valence-corrected chi connectivity index (χ3v) is 3.48. The van der Waals surface area contributed by atoms with Crippen molar-refractivity contribution in [3.05, 3.63) is 34.3 Å². The first-order chi connectivity index (χ1) is 8.43. The molecule has 1 aromatic rings. The molecule has 1 rings (SSSR count). The molecule has 0 spiro atoms. The Bertz CT molecular complexity index is 448. The normalized spacial score (nSPS) is 10.4. The van der Waals surface area contributed by atoms with Gasteiger partial charge >= 0.3 is 0 Å². The van der Waals surface area contributed by atoms with Crippen molar-refractivity contribution in [1.29, 1.82) is 0 Å². The van der Waals surface area contributed by atoms with Crippen LogP contribution in [0.25, 0.3) is 0 Å². The van der Waals surface area contributed by atoms with Crippen molar-refractivity contribution >= 4 is 39.0 Å². The lowest BCUT2D eigenvalue weighted by molar-refractivity contribution is 0.0710. The third kappa shape index (κ3) is 4.07. The molecule has 0 aliphatic rings. The molecule has 0 unspecified atom stereocenters. The van der Waals surface area contributed by atoms with Gasteiger partial charge in [0, 0.05) is 23.5 Å². The molecule has 5 heteroatoms. The lowest BCUT2D eigenvalue weighted by Gasteiger charge is -2.27. The van der Waals surface area contributed by atoms with Gasteiger partial charge in [-0.15, -0.1) is 0 Å². The molecule has 18 heavy (non-hydrogen) atoms. The Kier molecular flexibility index (Phi) is 5.75. The zero-order valence-corrected chi connectivity index (χ0v) is 12.9. The van der Waals surface area contributed by atoms with Gasteiger partial charge in [-0.25, -0.2) is 0 Å². The van der Waals surface area contributed by atoms with Crippen LogP contribution in [0, 0.1) is 0 Å². The van der Waals surface area contributed by atoms with Crippen molar-refractivity contribution in [2.45, 2.75) is 26.3 Å². The Morgan fingerprint density at radius 3 is 2.56 bits per heavy atom. The van der Waals surface area contributed by atoms with Gasteiger partial charge < -0.3 is 10.6 Å². The number of thiocarbonyl (C=S) groups is 1. The van der Waals surface area contributed by atoms with Crippen LogP contribution >= 0.6 is 28.1 Å². The number of carbonyl (C=O) groups is 1. The Hall–Kier alpha value is -0.940. The highest BCUT2D eigenvalue weighted by molar-refractivity contribution is 9.10. The van der Waals surface area contributed by atoms with Gasteiger partial charge in [-0.1, -0.05) is 24.4 Å². The largest absolute Gasteiger partial charge is 0.393 e. The van der Waals surface area contributed by atoms with Gasteiger partial charge in [-0.05, 0) is 41.9 Å². The number of nitrogens with zero attached hydrogens (tertiary/aromatic N) is 1. The van der Waals surface area contributed by atoms with Crippen LogP contribution in [0.5, 0.6) is 0 Å². The molecule has 2 N–H and O–H groups in total. The molecule has 0 radical (unpaired) electrons. The van der Waals surface area contributed by atoms with Gasteiger partial charge in [0.15, 0.2) is 0 Å². The summed E-state index contributed by atoms with van der Waals surface area (Å²) < 4.78 is 0.802. The van der Waals surface area contributed by atoms with Gasteiger partial charge in [0.1, 0.15) is 0 Å². The molecule has 98 valence electrons. The predicted molar refractivity (Wildman–Crippen MR) is 81.7 cm³/mol. The Balaban J connectivity index is 2.90. The lowest BCUT2D eigenvalue weighted by atomic mass is 10.1. The summed E-state index contributed by atoms with van der Waals surface area (Å²) in [5, 5.41) is 0. The number of benzene rings is 1. The van der Waals surface area contributed by atoms with Gasteiger partial charge in [0.2, 0.25) is 0 Å². The average Bonchev–Trinajstić information content (AvgIpc) is 2.28. The second-order valence-corrected chi connectivity index (χ2v) is 5.67. The number of nitrogens with two attached hydrogens (primary N) is 1. The highest BCUT2D eigenvalue weighted by atomic mass is 79.9. The van der Waals surface area contributed by atoms with E-state index >= 15 is 0 Å². The standard InChI is InChI=1S/C13H17BrN2OS/c1-9(2)16(8-7-12(15)18)13(17)10-5-3-4-6-11(10)14/h3-6,9H,7-8H2,1-2H3,(H2,15,18). The molecule has 0 atom stereocenters. The first kappa shape index (κ1) is 15.1. The zero-order chi connectivity index (χ0) is 13.7. The van der Waals surface area contributed by atoms with E-state index < -0.39 is 0 Å². The molecule has 0 saturated carbocycles. The lowest BCUT2D eigenvalue weighted by Crippen LogP contribution is -2.39. The van der Waals surface area contributed by atoms with Gasteiger partial charge in [-0.2, -0.15) is 0 Å². The van der Waals surface area contributed by atoms with E-state index in [2.05, 4.69) is 15.9 Å². The topological polar surface area (TPSA) is 46.3 Å². The molecule has 0 saturated heterocycles. The van der Waals surface area contributed by atoms with E-state index in [1.54, 1.807) is 4.90 Å². The second-order valence-electron chi connectivity index (χ2n) is 4.29. The molecular weight excluding hydrogens is 312 g/mol. The molecule has 0 aromatic heterocycles. The summed E-state index contributed by atoms with van der Waals surface area (Å²) in [5.74, 6) is -0.00581. The smallest absolute Gasteiger partial charge is 0.255 e. The fraction of sp³-hybridized carbons (Fsp3) is 0.385. The van der Waals surface area contributed by atoms with Crippen LogP contribution in [0.15, 0.2) is 28.7 Å². The number of hydrogen-bond donors (Lipinski definition) is 1. The van der Waals surface area contributed by atoms with E-state index in [1.807, 2.05) is 38.1 Å². The highest BCUT2D eigenvalue weighted by Gasteiger charge is 2.20. The van der Waals surface area contributed by atoms with Crippen LogP contribution in [0.4, 0.5) is 0 Å². The van der Waals surface area contributed by atoms with Crippen molar-refractivity contribution in [2.24, 2.45) is 5.73 Å². The van der Waals surface area contributed by atoms with Crippen LogP contribution < -0.4 is 5.73 Å². The summed E-state index contributed by atoms with van der Waals surface area (Å²) in [6.07, 6.45) is 0.545. The Morgan fingerprint density at radius 1 is 1.44 bits per heavy atom. The summed E-state index contributed by atoms with van der Waals surface area (Å²) in [6.45, 7) is 4.51. The SMILES string of the molecule is CC(C)N(CCC(N)=S)C(=O)c1ccccc1Br. The van der Waals surface area contributed by atoms with Gasteiger partial charge in [0.25, 0.3) is 5.91 Å². The first-order valence-electron chi connectivity index (χ1n) is 5.77. The number of hydrogen-bond acceptors (Lipinski definition) is 2. The van der Waals surface area contributed by atoms with E-state index in [-0.39, 0.29) is 11.9 Å². The van der Waals surface area contributed by atoms with Crippen LogP contribution in [0.3, 0.4) is 0 Å². The first-order valence-corrected chi connectivity index (χ1v) is 6.97. The van der Waals surface area contributed by atoms with Crippen LogP contribution in [-0.4, -0.2) is 28.4 Å². The van der Waals surface area contributed by atoms with Crippen molar-refractivity contribution < 1.29 is 4.79 Å². The quantitative estimate of drug-likeness (QED) is 0.845. The highest BCUT2D eigenvalue weighted by Crippen LogP contribution is 2.19. The van der Waals surface area contributed by atoms with Gasteiger partial charge in [-0.3, -0.25) is 4.79 Å². The molecule has 0 heterocycles. The minimum atomic E-state index is -0.00581. The molecule has 0 bridgehead atoms. The van der Waals surface area contributed by atoms with Crippen LogP contribution in [-0.2, 0) is 0 Å². The van der Waals surface area contributed by atoms with Crippen molar-refractivity contribution in [3.63, 3.8) is 0 Å². The predicted octanol–water partition coefficient (Wildman–Crippen LogP) is 2.98. The maximum Gasteiger partial charge on any atom is 0.255 e. The maximum atomic E-state index is 12.4. The summed E-state index contributed by atoms with van der Waals surface area (Å²) in [7, 11) is 0. The number of rotatable bonds is 5. The summed E-state index contributed by atoms with van der Waals surface area (Å²) in [6, 6.07) is 7.51. The van der Waals surface area contributed by atoms with Crippen molar-refractivity contribution in [3.8, 4) is 0 Å². The summed E-state index contributed by atoms with van der Waals surface area (Å²) in [4.78, 5) is 14.6. The molecule has 0 aliphatic carbocycles. The summed E-state index contributed by atoms with van der Waals surface area (Å²) >= 11 is 8.26. The fourth-order valence-electron chi connectivity index (χ4n) is 1.61. The Labute approximate surface area is 121 Å². The average molecular weight is 329 g/mol. The maximum absolute atomic E-state index is 12.4. The fourth-order valence-corrected chi connectivity index (χ4v) is 2.16.